The summed E-state index contributed by atoms with van der Waals surface area (Å²) in [6, 6.07) is 15.3. The Balaban J connectivity index is 1.87. The summed E-state index contributed by atoms with van der Waals surface area (Å²) < 4.78 is 0. The minimum Gasteiger partial charge on any atom is -0.117 e. The second-order valence-electron chi connectivity index (χ2n) is 5.70. The topological polar surface area (TPSA) is 0 Å². The quantitative estimate of drug-likeness (QED) is 0.674. The van der Waals surface area contributed by atoms with Gasteiger partial charge in [0.15, 0.2) is 0 Å². The molecule has 19 heavy (non-hydrogen) atoms. The van der Waals surface area contributed by atoms with Gasteiger partial charge in [-0.05, 0) is 54.9 Å². The minimum absolute atomic E-state index is 0.118. The van der Waals surface area contributed by atoms with Crippen LogP contribution in [0.25, 0.3) is 0 Å². The molecule has 1 unspecified atom stereocenters. The maximum atomic E-state index is 6.78. The Morgan fingerprint density at radius 3 is 2.26 bits per heavy atom. The van der Waals surface area contributed by atoms with E-state index < -0.39 is 0 Å². The molecule has 1 atom stereocenters. The summed E-state index contributed by atoms with van der Waals surface area (Å²) in [5.74, 6) is 0.527. The molecule has 1 heteroatoms. The average Bonchev–Trinajstić information content (AvgIpc) is 2.84. The van der Waals surface area contributed by atoms with E-state index in [1.54, 1.807) is 0 Å². The van der Waals surface area contributed by atoms with Gasteiger partial charge in [-0.15, -0.1) is 11.6 Å². The van der Waals surface area contributed by atoms with Crippen LogP contribution in [-0.2, 0) is 12.8 Å². The normalized spacial score (nSPS) is 16.4. The van der Waals surface area contributed by atoms with Crippen LogP contribution in [0, 0.1) is 19.8 Å². The first kappa shape index (κ1) is 12.7. The van der Waals surface area contributed by atoms with Gasteiger partial charge in [0.25, 0.3) is 0 Å². The highest BCUT2D eigenvalue weighted by Gasteiger charge is 2.28. The third kappa shape index (κ3) is 2.42. The van der Waals surface area contributed by atoms with Crippen molar-refractivity contribution in [2.75, 3.05) is 0 Å². The van der Waals surface area contributed by atoms with E-state index in [0.29, 0.717) is 5.92 Å². The van der Waals surface area contributed by atoms with Gasteiger partial charge >= 0.3 is 0 Å². The predicted octanol–water partition coefficient (Wildman–Crippen LogP) is 5.00. The molecule has 0 bridgehead atoms. The Morgan fingerprint density at radius 2 is 1.63 bits per heavy atom. The van der Waals surface area contributed by atoms with Crippen LogP contribution >= 0.6 is 11.6 Å². The molecule has 1 aliphatic rings. The molecule has 0 aromatic heterocycles. The van der Waals surface area contributed by atoms with Crippen molar-refractivity contribution in [3.05, 3.63) is 70.3 Å². The van der Waals surface area contributed by atoms with Gasteiger partial charge in [0.05, 0.1) is 5.38 Å². The first-order valence-electron chi connectivity index (χ1n) is 6.93. The van der Waals surface area contributed by atoms with E-state index in [1.807, 2.05) is 0 Å². The maximum absolute atomic E-state index is 6.78. The molecule has 0 spiro atoms. The van der Waals surface area contributed by atoms with Gasteiger partial charge in [-0.3, -0.25) is 0 Å². The molecule has 0 fully saturated rings. The first-order valence-corrected chi connectivity index (χ1v) is 7.37. The number of hydrogen-bond donors (Lipinski definition) is 0. The molecule has 98 valence electrons. The van der Waals surface area contributed by atoms with Crippen LogP contribution < -0.4 is 0 Å². The Kier molecular flexibility index (Phi) is 3.36. The van der Waals surface area contributed by atoms with Crippen molar-refractivity contribution in [2.45, 2.75) is 32.1 Å². The lowest BCUT2D eigenvalue weighted by atomic mass is 9.92. The number of aryl methyl sites for hydroxylation is 2. The molecule has 3 rings (SSSR count). The molecule has 0 radical (unpaired) electrons. The van der Waals surface area contributed by atoms with Crippen LogP contribution in [-0.4, -0.2) is 0 Å². The molecule has 0 saturated carbocycles. The zero-order chi connectivity index (χ0) is 13.4. The minimum atomic E-state index is 0.118. The molecule has 2 aromatic carbocycles. The highest BCUT2D eigenvalue weighted by molar-refractivity contribution is 6.21. The number of hydrogen-bond acceptors (Lipinski definition) is 0. The Morgan fingerprint density at radius 1 is 1.00 bits per heavy atom. The van der Waals surface area contributed by atoms with Crippen molar-refractivity contribution in [3.8, 4) is 0 Å². The Hall–Kier alpha value is -1.27. The summed E-state index contributed by atoms with van der Waals surface area (Å²) in [6.07, 6.45) is 2.22. The number of fused-ring (bicyclic) bond motifs is 1. The number of halogens is 1. The van der Waals surface area contributed by atoms with Crippen molar-refractivity contribution >= 4 is 11.6 Å². The lowest BCUT2D eigenvalue weighted by Crippen LogP contribution is -2.09. The van der Waals surface area contributed by atoms with E-state index in [2.05, 4.69) is 56.3 Å². The van der Waals surface area contributed by atoms with Crippen molar-refractivity contribution < 1.29 is 0 Å². The van der Waals surface area contributed by atoms with Crippen LogP contribution in [0.4, 0.5) is 0 Å². The zero-order valence-electron chi connectivity index (χ0n) is 11.5. The monoisotopic (exact) mass is 270 g/mol. The van der Waals surface area contributed by atoms with E-state index in [9.17, 15) is 0 Å². The Labute approximate surface area is 120 Å². The van der Waals surface area contributed by atoms with Crippen molar-refractivity contribution in [1.82, 2.24) is 0 Å². The molecule has 0 saturated heterocycles. The van der Waals surface area contributed by atoms with Gasteiger partial charge in [-0.25, -0.2) is 0 Å². The fourth-order valence-electron chi connectivity index (χ4n) is 3.11. The summed E-state index contributed by atoms with van der Waals surface area (Å²) in [5.41, 5.74) is 6.86. The molecule has 0 aliphatic heterocycles. The lowest BCUT2D eigenvalue weighted by molar-refractivity contribution is 0.539. The van der Waals surface area contributed by atoms with E-state index in [0.717, 1.165) is 12.8 Å². The maximum Gasteiger partial charge on any atom is 0.0622 e. The van der Waals surface area contributed by atoms with Gasteiger partial charge in [-0.1, -0.05) is 48.0 Å². The van der Waals surface area contributed by atoms with Gasteiger partial charge in [-0.2, -0.15) is 0 Å². The van der Waals surface area contributed by atoms with Crippen LogP contribution in [0.5, 0.6) is 0 Å². The summed E-state index contributed by atoms with van der Waals surface area (Å²) in [4.78, 5) is 0. The molecular weight excluding hydrogens is 252 g/mol. The highest BCUT2D eigenvalue weighted by Crippen LogP contribution is 2.40. The fraction of sp³-hybridized carbons (Fsp3) is 0.333. The molecule has 0 heterocycles. The summed E-state index contributed by atoms with van der Waals surface area (Å²) >= 11 is 6.78. The average molecular weight is 271 g/mol. The van der Waals surface area contributed by atoms with Gasteiger partial charge in [0, 0.05) is 0 Å². The second-order valence-corrected chi connectivity index (χ2v) is 6.17. The molecule has 0 amide bonds. The fourth-order valence-corrected chi connectivity index (χ4v) is 3.52. The zero-order valence-corrected chi connectivity index (χ0v) is 12.2. The number of alkyl halides is 1. The molecule has 1 aliphatic carbocycles. The predicted molar refractivity (Wildman–Crippen MR) is 81.9 cm³/mol. The van der Waals surface area contributed by atoms with Crippen molar-refractivity contribution in [1.29, 1.82) is 0 Å². The van der Waals surface area contributed by atoms with Crippen molar-refractivity contribution in [2.24, 2.45) is 5.92 Å². The van der Waals surface area contributed by atoms with E-state index in [4.69, 9.17) is 11.6 Å². The molecular formula is C18H19Cl. The smallest absolute Gasteiger partial charge is 0.0622 e. The first-order chi connectivity index (χ1) is 9.15. The molecule has 0 N–H and O–H groups in total. The second kappa shape index (κ2) is 5.02. The van der Waals surface area contributed by atoms with Gasteiger partial charge in [0.1, 0.15) is 0 Å². The SMILES string of the molecule is Cc1ccc(C)c(C(Cl)C2Cc3ccccc3C2)c1. The van der Waals surface area contributed by atoms with Crippen molar-refractivity contribution in [3.63, 3.8) is 0 Å². The number of benzene rings is 2. The standard InChI is InChI=1S/C18H19Cl/c1-12-7-8-13(2)17(9-12)18(19)16-10-14-5-3-4-6-15(14)11-16/h3-9,16,18H,10-11H2,1-2H3. The third-order valence-corrected chi connectivity index (χ3v) is 4.82. The van der Waals surface area contributed by atoms with Gasteiger partial charge in [0.2, 0.25) is 0 Å². The van der Waals surface area contributed by atoms with Crippen LogP contribution in [0.3, 0.4) is 0 Å². The van der Waals surface area contributed by atoms with Crippen LogP contribution in [0.2, 0.25) is 0 Å². The van der Waals surface area contributed by atoms with E-state index >= 15 is 0 Å². The third-order valence-electron chi connectivity index (χ3n) is 4.23. The number of rotatable bonds is 2. The summed E-state index contributed by atoms with van der Waals surface area (Å²) in [6.45, 7) is 4.29. The molecule has 2 aromatic rings. The van der Waals surface area contributed by atoms with Crippen LogP contribution in [0.15, 0.2) is 42.5 Å². The van der Waals surface area contributed by atoms with Crippen LogP contribution in [0.1, 0.15) is 33.2 Å². The largest absolute Gasteiger partial charge is 0.117 e. The van der Waals surface area contributed by atoms with E-state index in [1.165, 1.54) is 27.8 Å². The summed E-state index contributed by atoms with van der Waals surface area (Å²) in [7, 11) is 0. The highest BCUT2D eigenvalue weighted by atomic mass is 35.5. The van der Waals surface area contributed by atoms with E-state index in [-0.39, 0.29) is 5.38 Å². The lowest BCUT2D eigenvalue weighted by Gasteiger charge is -2.19. The molecule has 0 nitrogen and oxygen atoms in total. The van der Waals surface area contributed by atoms with Gasteiger partial charge < -0.3 is 0 Å². The summed E-state index contributed by atoms with van der Waals surface area (Å²) in [5, 5.41) is 0.118. The Bertz CT molecular complexity index is 575.